The molecule has 0 saturated carbocycles. The van der Waals surface area contributed by atoms with Crippen LogP contribution in [-0.2, 0) is 4.74 Å². The second kappa shape index (κ2) is 6.17. The number of hydrogen-bond donors (Lipinski definition) is 0. The average molecular weight is 304 g/mol. The molecule has 0 spiro atoms. The molecule has 22 heavy (non-hydrogen) atoms. The summed E-state index contributed by atoms with van der Waals surface area (Å²) in [4.78, 5) is 24.3. The molecule has 0 saturated heterocycles. The van der Waals surface area contributed by atoms with Crippen molar-refractivity contribution in [3.05, 3.63) is 52.1 Å². The standard InChI is InChI=1S/C16H20N2O4/c1-16(2,3)22-15(19)17-11-5-4-6-14(17)12-7-9-13(10-8-12)18(20)21/h4-5,7-10,14H,6,11H2,1-3H3. The SMILES string of the molecule is CC(C)(C)OC(=O)N1CC=CCC1c1ccc([N+](=O)[O-])cc1. The Morgan fingerprint density at radius 3 is 2.45 bits per heavy atom. The normalized spacial score (nSPS) is 18.1. The van der Waals surface area contributed by atoms with Gasteiger partial charge in [0.2, 0.25) is 0 Å². The van der Waals surface area contributed by atoms with E-state index in [0.717, 1.165) is 5.56 Å². The molecule has 118 valence electrons. The molecule has 1 amide bonds. The Hall–Kier alpha value is -2.37. The van der Waals surface area contributed by atoms with E-state index in [9.17, 15) is 14.9 Å². The van der Waals surface area contributed by atoms with E-state index >= 15 is 0 Å². The number of carbonyl (C=O) groups is 1. The topological polar surface area (TPSA) is 72.7 Å². The zero-order valence-electron chi connectivity index (χ0n) is 13.0. The van der Waals surface area contributed by atoms with E-state index in [-0.39, 0.29) is 17.8 Å². The fourth-order valence-corrected chi connectivity index (χ4v) is 2.32. The van der Waals surface area contributed by atoms with Gasteiger partial charge in [-0.15, -0.1) is 0 Å². The summed E-state index contributed by atoms with van der Waals surface area (Å²) in [6.07, 6.45) is 4.22. The van der Waals surface area contributed by atoms with Crippen LogP contribution in [-0.4, -0.2) is 28.1 Å². The largest absolute Gasteiger partial charge is 0.444 e. The van der Waals surface area contributed by atoms with Gasteiger partial charge in [-0.1, -0.05) is 24.3 Å². The van der Waals surface area contributed by atoms with E-state index < -0.39 is 10.5 Å². The molecule has 0 bridgehead atoms. The van der Waals surface area contributed by atoms with Gasteiger partial charge in [0.05, 0.1) is 11.0 Å². The predicted octanol–water partition coefficient (Wildman–Crippen LogP) is 3.83. The summed E-state index contributed by atoms with van der Waals surface area (Å²) in [7, 11) is 0. The molecular formula is C16H20N2O4. The van der Waals surface area contributed by atoms with Gasteiger partial charge in [0.1, 0.15) is 5.60 Å². The molecule has 0 aliphatic carbocycles. The molecule has 2 rings (SSSR count). The van der Waals surface area contributed by atoms with Crippen LogP contribution in [0.2, 0.25) is 0 Å². The molecule has 1 aromatic rings. The Labute approximate surface area is 129 Å². The zero-order valence-corrected chi connectivity index (χ0v) is 13.0. The molecule has 0 fully saturated rings. The van der Waals surface area contributed by atoms with E-state index in [1.165, 1.54) is 12.1 Å². The molecular weight excluding hydrogens is 284 g/mol. The van der Waals surface area contributed by atoms with Crippen LogP contribution >= 0.6 is 0 Å². The number of carbonyl (C=O) groups excluding carboxylic acids is 1. The molecule has 1 unspecified atom stereocenters. The Morgan fingerprint density at radius 2 is 1.91 bits per heavy atom. The maximum absolute atomic E-state index is 12.3. The number of nitro groups is 1. The van der Waals surface area contributed by atoms with Crippen LogP contribution in [0.4, 0.5) is 10.5 Å². The predicted molar refractivity (Wildman–Crippen MR) is 82.5 cm³/mol. The number of nitrogens with zero attached hydrogens (tertiary/aromatic N) is 2. The lowest BCUT2D eigenvalue weighted by Gasteiger charge is -2.34. The summed E-state index contributed by atoms with van der Waals surface area (Å²) in [5.41, 5.74) is 0.345. The van der Waals surface area contributed by atoms with Crippen LogP contribution in [0.25, 0.3) is 0 Å². The molecule has 1 aromatic carbocycles. The Bertz CT molecular complexity index is 587. The maximum Gasteiger partial charge on any atom is 0.411 e. The summed E-state index contributed by atoms with van der Waals surface area (Å²) in [5, 5.41) is 10.7. The first kappa shape index (κ1) is 16.0. The molecule has 0 radical (unpaired) electrons. The average Bonchev–Trinajstić information content (AvgIpc) is 2.45. The third-order valence-electron chi connectivity index (χ3n) is 3.32. The van der Waals surface area contributed by atoms with E-state index in [1.54, 1.807) is 17.0 Å². The Morgan fingerprint density at radius 1 is 1.27 bits per heavy atom. The molecule has 1 aliphatic rings. The second-order valence-corrected chi connectivity index (χ2v) is 6.20. The smallest absolute Gasteiger partial charge is 0.411 e. The van der Waals surface area contributed by atoms with Crippen LogP contribution < -0.4 is 0 Å². The highest BCUT2D eigenvalue weighted by atomic mass is 16.6. The van der Waals surface area contributed by atoms with Crippen molar-refractivity contribution in [2.45, 2.75) is 38.8 Å². The number of non-ortho nitro benzene ring substituents is 1. The van der Waals surface area contributed by atoms with E-state index in [0.29, 0.717) is 13.0 Å². The third kappa shape index (κ3) is 3.84. The highest BCUT2D eigenvalue weighted by Gasteiger charge is 2.29. The summed E-state index contributed by atoms with van der Waals surface area (Å²) in [6, 6.07) is 6.14. The zero-order chi connectivity index (χ0) is 16.3. The van der Waals surface area contributed by atoms with Crippen LogP contribution in [0, 0.1) is 10.1 Å². The molecule has 6 heteroatoms. The number of ether oxygens (including phenoxy) is 1. The molecule has 0 aromatic heterocycles. The summed E-state index contributed by atoms with van der Waals surface area (Å²) in [5.74, 6) is 0. The Balaban J connectivity index is 2.21. The van der Waals surface area contributed by atoms with Gasteiger partial charge in [-0.2, -0.15) is 0 Å². The van der Waals surface area contributed by atoms with E-state index in [2.05, 4.69) is 0 Å². The van der Waals surface area contributed by atoms with Crippen molar-refractivity contribution in [3.8, 4) is 0 Å². The molecule has 1 heterocycles. The van der Waals surface area contributed by atoms with Gasteiger partial charge in [0.25, 0.3) is 5.69 Å². The molecule has 1 aliphatic heterocycles. The second-order valence-electron chi connectivity index (χ2n) is 6.20. The van der Waals surface area contributed by atoms with Crippen LogP contribution in [0.15, 0.2) is 36.4 Å². The lowest BCUT2D eigenvalue weighted by molar-refractivity contribution is -0.384. The first-order valence-corrected chi connectivity index (χ1v) is 7.17. The van der Waals surface area contributed by atoms with Gasteiger partial charge in [-0.25, -0.2) is 4.79 Å². The van der Waals surface area contributed by atoms with Gasteiger partial charge in [0.15, 0.2) is 0 Å². The number of rotatable bonds is 2. The first-order valence-electron chi connectivity index (χ1n) is 7.17. The van der Waals surface area contributed by atoms with Crippen molar-refractivity contribution in [1.29, 1.82) is 0 Å². The number of benzene rings is 1. The minimum Gasteiger partial charge on any atom is -0.444 e. The van der Waals surface area contributed by atoms with Gasteiger partial charge in [-0.05, 0) is 32.8 Å². The van der Waals surface area contributed by atoms with Crippen LogP contribution in [0.3, 0.4) is 0 Å². The van der Waals surface area contributed by atoms with Crippen molar-refractivity contribution in [1.82, 2.24) is 4.90 Å². The fourth-order valence-electron chi connectivity index (χ4n) is 2.32. The van der Waals surface area contributed by atoms with Crippen molar-refractivity contribution in [2.24, 2.45) is 0 Å². The van der Waals surface area contributed by atoms with Gasteiger partial charge in [0, 0.05) is 18.7 Å². The minimum atomic E-state index is -0.557. The maximum atomic E-state index is 12.3. The molecule has 1 atom stereocenters. The third-order valence-corrected chi connectivity index (χ3v) is 3.32. The molecule has 0 N–H and O–H groups in total. The summed E-state index contributed by atoms with van der Waals surface area (Å²) >= 11 is 0. The number of hydrogen-bond acceptors (Lipinski definition) is 4. The monoisotopic (exact) mass is 304 g/mol. The lowest BCUT2D eigenvalue weighted by atomic mass is 9.99. The van der Waals surface area contributed by atoms with E-state index in [1.807, 2.05) is 32.9 Å². The van der Waals surface area contributed by atoms with Gasteiger partial charge in [-0.3, -0.25) is 15.0 Å². The van der Waals surface area contributed by atoms with E-state index in [4.69, 9.17) is 4.74 Å². The van der Waals surface area contributed by atoms with Crippen molar-refractivity contribution in [3.63, 3.8) is 0 Å². The first-order chi connectivity index (χ1) is 10.3. The van der Waals surface area contributed by atoms with Crippen LogP contribution in [0.1, 0.15) is 38.8 Å². The van der Waals surface area contributed by atoms with Gasteiger partial charge < -0.3 is 4.74 Å². The summed E-state index contributed by atoms with van der Waals surface area (Å²) in [6.45, 7) is 5.94. The highest BCUT2D eigenvalue weighted by Crippen LogP contribution is 2.30. The number of nitro benzene ring substituents is 1. The fraction of sp³-hybridized carbons (Fsp3) is 0.438. The quantitative estimate of drug-likeness (QED) is 0.473. The summed E-state index contributed by atoms with van der Waals surface area (Å²) < 4.78 is 5.44. The number of amides is 1. The Kier molecular flexibility index (Phi) is 4.49. The van der Waals surface area contributed by atoms with Crippen molar-refractivity contribution in [2.75, 3.05) is 6.54 Å². The minimum absolute atomic E-state index is 0.0407. The molecule has 6 nitrogen and oxygen atoms in total. The highest BCUT2D eigenvalue weighted by molar-refractivity contribution is 5.69. The van der Waals surface area contributed by atoms with Crippen molar-refractivity contribution < 1.29 is 14.5 Å². The van der Waals surface area contributed by atoms with Crippen molar-refractivity contribution >= 4 is 11.8 Å². The lowest BCUT2D eigenvalue weighted by Crippen LogP contribution is -2.40. The van der Waals surface area contributed by atoms with Crippen LogP contribution in [0.5, 0.6) is 0 Å². The van der Waals surface area contributed by atoms with Gasteiger partial charge >= 0.3 is 6.09 Å².